The van der Waals surface area contributed by atoms with Crippen LogP contribution in [0.2, 0.25) is 0 Å². The lowest BCUT2D eigenvalue weighted by atomic mass is 10.2. The lowest BCUT2D eigenvalue weighted by molar-refractivity contribution is 0.0749. The van der Waals surface area contributed by atoms with E-state index in [9.17, 15) is 0 Å². The van der Waals surface area contributed by atoms with Gasteiger partial charge in [-0.05, 0) is 32.0 Å². The Morgan fingerprint density at radius 1 is 1.33 bits per heavy atom. The molecule has 2 nitrogen and oxygen atoms in total. The van der Waals surface area contributed by atoms with Crippen LogP contribution in [0, 0.1) is 0 Å². The maximum absolute atomic E-state index is 5.73. The van der Waals surface area contributed by atoms with E-state index in [-0.39, 0.29) is 0 Å². The summed E-state index contributed by atoms with van der Waals surface area (Å²) in [5, 5.41) is 0. The van der Waals surface area contributed by atoms with Crippen molar-refractivity contribution in [3.63, 3.8) is 0 Å². The SMILES string of the molecule is CN1CCCC1COCc1ccccc1. The van der Waals surface area contributed by atoms with Gasteiger partial charge in [-0.25, -0.2) is 0 Å². The van der Waals surface area contributed by atoms with Crippen LogP contribution in [-0.4, -0.2) is 31.1 Å². The smallest absolute Gasteiger partial charge is 0.0717 e. The number of ether oxygens (including phenoxy) is 1. The monoisotopic (exact) mass is 205 g/mol. The third kappa shape index (κ3) is 3.05. The lowest BCUT2D eigenvalue weighted by Gasteiger charge is -2.19. The quantitative estimate of drug-likeness (QED) is 0.748. The second-order valence-electron chi connectivity index (χ2n) is 4.28. The first-order valence-corrected chi connectivity index (χ1v) is 5.68. The van der Waals surface area contributed by atoms with Crippen LogP contribution in [0.1, 0.15) is 18.4 Å². The van der Waals surface area contributed by atoms with Gasteiger partial charge >= 0.3 is 0 Å². The van der Waals surface area contributed by atoms with E-state index in [1.54, 1.807) is 0 Å². The standard InChI is InChI=1S/C13H19NO/c1-14-9-5-8-13(14)11-15-10-12-6-3-2-4-7-12/h2-4,6-7,13H,5,8-11H2,1H3. The van der Waals surface area contributed by atoms with E-state index in [2.05, 4.69) is 36.2 Å². The van der Waals surface area contributed by atoms with E-state index in [0.717, 1.165) is 13.2 Å². The summed E-state index contributed by atoms with van der Waals surface area (Å²) in [4.78, 5) is 2.39. The number of nitrogens with zero attached hydrogens (tertiary/aromatic N) is 1. The van der Waals surface area contributed by atoms with Gasteiger partial charge in [0.2, 0.25) is 0 Å². The molecule has 2 heteroatoms. The molecule has 0 saturated carbocycles. The highest BCUT2D eigenvalue weighted by Crippen LogP contribution is 2.15. The van der Waals surface area contributed by atoms with Crippen LogP contribution in [0.5, 0.6) is 0 Å². The van der Waals surface area contributed by atoms with Crippen LogP contribution < -0.4 is 0 Å². The molecule has 0 aliphatic carbocycles. The average Bonchev–Trinajstić information content (AvgIpc) is 2.66. The molecule has 1 atom stereocenters. The molecule has 0 amide bonds. The second kappa shape index (κ2) is 5.29. The summed E-state index contributed by atoms with van der Waals surface area (Å²) in [5.74, 6) is 0. The minimum absolute atomic E-state index is 0.633. The van der Waals surface area contributed by atoms with Gasteiger partial charge in [0.05, 0.1) is 13.2 Å². The van der Waals surface area contributed by atoms with Gasteiger partial charge in [-0.2, -0.15) is 0 Å². The third-order valence-corrected chi connectivity index (χ3v) is 3.09. The van der Waals surface area contributed by atoms with Gasteiger partial charge in [0, 0.05) is 6.04 Å². The predicted molar refractivity (Wildman–Crippen MR) is 61.8 cm³/mol. The van der Waals surface area contributed by atoms with Crippen molar-refractivity contribution < 1.29 is 4.74 Å². The van der Waals surface area contributed by atoms with Crippen LogP contribution in [0.25, 0.3) is 0 Å². The molecule has 0 N–H and O–H groups in total. The Morgan fingerprint density at radius 2 is 2.13 bits per heavy atom. The van der Waals surface area contributed by atoms with Crippen molar-refractivity contribution in [3.8, 4) is 0 Å². The highest BCUT2D eigenvalue weighted by Gasteiger charge is 2.20. The van der Waals surface area contributed by atoms with Gasteiger partial charge in [-0.3, -0.25) is 0 Å². The number of hydrogen-bond acceptors (Lipinski definition) is 2. The van der Waals surface area contributed by atoms with Crippen molar-refractivity contribution in [2.45, 2.75) is 25.5 Å². The molecule has 82 valence electrons. The Balaban J connectivity index is 1.71. The number of likely N-dealkylation sites (N-methyl/N-ethyl adjacent to an activating group) is 1. The second-order valence-corrected chi connectivity index (χ2v) is 4.28. The van der Waals surface area contributed by atoms with Gasteiger partial charge in [-0.15, -0.1) is 0 Å². The molecule has 1 heterocycles. The zero-order valence-corrected chi connectivity index (χ0v) is 9.36. The molecule has 2 rings (SSSR count). The largest absolute Gasteiger partial charge is 0.375 e. The van der Waals surface area contributed by atoms with Crippen LogP contribution in [-0.2, 0) is 11.3 Å². The number of hydrogen-bond donors (Lipinski definition) is 0. The molecular formula is C13H19NO. The predicted octanol–water partition coefficient (Wildman–Crippen LogP) is 2.30. The Hall–Kier alpha value is -0.860. The Labute approximate surface area is 91.9 Å². The fraction of sp³-hybridized carbons (Fsp3) is 0.538. The van der Waals surface area contributed by atoms with Crippen molar-refractivity contribution in [1.29, 1.82) is 0 Å². The molecule has 0 spiro atoms. The molecule has 1 fully saturated rings. The van der Waals surface area contributed by atoms with Crippen molar-refractivity contribution in [2.24, 2.45) is 0 Å². The van der Waals surface area contributed by atoms with Crippen LogP contribution in [0.4, 0.5) is 0 Å². The number of likely N-dealkylation sites (tertiary alicyclic amines) is 1. The van der Waals surface area contributed by atoms with Crippen molar-refractivity contribution in [1.82, 2.24) is 4.90 Å². The average molecular weight is 205 g/mol. The van der Waals surface area contributed by atoms with E-state index in [1.807, 2.05) is 6.07 Å². The third-order valence-electron chi connectivity index (χ3n) is 3.09. The highest BCUT2D eigenvalue weighted by atomic mass is 16.5. The normalized spacial score (nSPS) is 22.1. The molecule has 0 radical (unpaired) electrons. The maximum Gasteiger partial charge on any atom is 0.0717 e. The van der Waals surface area contributed by atoms with E-state index in [4.69, 9.17) is 4.74 Å². The van der Waals surface area contributed by atoms with Gasteiger partial charge < -0.3 is 9.64 Å². The molecule has 1 saturated heterocycles. The summed E-state index contributed by atoms with van der Waals surface area (Å²) < 4.78 is 5.73. The van der Waals surface area contributed by atoms with Gasteiger partial charge in [0.25, 0.3) is 0 Å². The molecule has 15 heavy (non-hydrogen) atoms. The first-order chi connectivity index (χ1) is 7.36. The number of benzene rings is 1. The first-order valence-electron chi connectivity index (χ1n) is 5.68. The minimum atomic E-state index is 0.633. The van der Waals surface area contributed by atoms with Gasteiger partial charge in [-0.1, -0.05) is 30.3 Å². The molecule has 0 bridgehead atoms. The fourth-order valence-electron chi connectivity index (χ4n) is 2.08. The van der Waals surface area contributed by atoms with Crippen molar-refractivity contribution in [2.75, 3.05) is 20.2 Å². The summed E-state index contributed by atoms with van der Waals surface area (Å²) in [6, 6.07) is 11.0. The van der Waals surface area contributed by atoms with Crippen molar-refractivity contribution in [3.05, 3.63) is 35.9 Å². The Kier molecular flexibility index (Phi) is 3.75. The summed E-state index contributed by atoms with van der Waals surface area (Å²) in [6.07, 6.45) is 2.60. The fourth-order valence-corrected chi connectivity index (χ4v) is 2.08. The molecule has 1 unspecified atom stereocenters. The Bertz CT molecular complexity index is 286. The highest BCUT2D eigenvalue weighted by molar-refractivity contribution is 5.13. The molecule has 1 aromatic rings. The molecule has 0 aromatic heterocycles. The summed E-state index contributed by atoms with van der Waals surface area (Å²) in [6.45, 7) is 2.83. The Morgan fingerprint density at radius 3 is 2.80 bits per heavy atom. The van der Waals surface area contributed by atoms with Gasteiger partial charge in [0.1, 0.15) is 0 Å². The summed E-state index contributed by atoms with van der Waals surface area (Å²) in [5.41, 5.74) is 1.26. The van der Waals surface area contributed by atoms with E-state index in [1.165, 1.54) is 24.9 Å². The lowest BCUT2D eigenvalue weighted by Crippen LogP contribution is -2.29. The number of rotatable bonds is 4. The van der Waals surface area contributed by atoms with E-state index in [0.29, 0.717) is 6.04 Å². The molecule has 1 aliphatic heterocycles. The van der Waals surface area contributed by atoms with Crippen molar-refractivity contribution >= 4 is 0 Å². The molecule has 1 aromatic carbocycles. The van der Waals surface area contributed by atoms with E-state index < -0.39 is 0 Å². The van der Waals surface area contributed by atoms with Crippen LogP contribution in [0.15, 0.2) is 30.3 Å². The maximum atomic E-state index is 5.73. The van der Waals surface area contributed by atoms with E-state index >= 15 is 0 Å². The molecular weight excluding hydrogens is 186 g/mol. The van der Waals surface area contributed by atoms with Gasteiger partial charge in [0.15, 0.2) is 0 Å². The minimum Gasteiger partial charge on any atom is -0.375 e. The first kappa shape index (κ1) is 10.7. The summed E-state index contributed by atoms with van der Waals surface area (Å²) in [7, 11) is 2.18. The molecule has 1 aliphatic rings. The zero-order chi connectivity index (χ0) is 10.5. The zero-order valence-electron chi connectivity index (χ0n) is 9.36. The van der Waals surface area contributed by atoms with Crippen LogP contribution >= 0.6 is 0 Å². The topological polar surface area (TPSA) is 12.5 Å². The summed E-state index contributed by atoms with van der Waals surface area (Å²) >= 11 is 0. The van der Waals surface area contributed by atoms with Crippen LogP contribution in [0.3, 0.4) is 0 Å².